The maximum absolute atomic E-state index is 12.1. The lowest BCUT2D eigenvalue weighted by Crippen LogP contribution is -2.21. The zero-order valence-corrected chi connectivity index (χ0v) is 14.0. The van der Waals surface area contributed by atoms with Gasteiger partial charge in [-0.05, 0) is 36.1 Å². The van der Waals surface area contributed by atoms with Crippen LogP contribution in [0.2, 0.25) is 0 Å². The summed E-state index contributed by atoms with van der Waals surface area (Å²) in [5.41, 5.74) is 2.21. The number of carbonyl (C=O) groups is 1. The first kappa shape index (κ1) is 17.4. The van der Waals surface area contributed by atoms with E-state index >= 15 is 0 Å². The molecule has 1 atom stereocenters. The van der Waals surface area contributed by atoms with Gasteiger partial charge in [-0.15, -0.1) is 11.6 Å². The SMILES string of the molecule is COC(=O)C(Cc1ccccc1)Cc1ccc(OCCCl)cc1. The molecule has 0 aliphatic heterocycles. The van der Waals surface area contributed by atoms with Crippen LogP contribution in [0.25, 0.3) is 0 Å². The van der Waals surface area contributed by atoms with E-state index in [1.165, 1.54) is 7.11 Å². The quantitative estimate of drug-likeness (QED) is 0.543. The first-order valence-corrected chi connectivity index (χ1v) is 8.16. The van der Waals surface area contributed by atoms with Gasteiger partial charge >= 0.3 is 5.97 Å². The number of rotatable bonds is 8. The Balaban J connectivity index is 2.04. The van der Waals surface area contributed by atoms with E-state index in [1.54, 1.807) is 0 Å². The number of esters is 1. The molecule has 0 amide bonds. The average Bonchev–Trinajstić information content (AvgIpc) is 2.60. The van der Waals surface area contributed by atoms with Crippen LogP contribution in [0.5, 0.6) is 5.75 Å². The van der Waals surface area contributed by atoms with Crippen molar-refractivity contribution in [2.75, 3.05) is 19.6 Å². The molecule has 3 nitrogen and oxygen atoms in total. The predicted molar refractivity (Wildman–Crippen MR) is 92.0 cm³/mol. The molecule has 0 fully saturated rings. The van der Waals surface area contributed by atoms with Crippen LogP contribution in [0.15, 0.2) is 54.6 Å². The molecule has 0 spiro atoms. The maximum atomic E-state index is 12.1. The Morgan fingerprint density at radius 2 is 1.61 bits per heavy atom. The molecule has 2 aromatic carbocycles. The van der Waals surface area contributed by atoms with Crippen LogP contribution in [0.1, 0.15) is 11.1 Å². The normalized spacial score (nSPS) is 11.7. The molecule has 0 aliphatic carbocycles. The minimum Gasteiger partial charge on any atom is -0.492 e. The van der Waals surface area contributed by atoms with Crippen LogP contribution in [0.3, 0.4) is 0 Å². The average molecular weight is 333 g/mol. The topological polar surface area (TPSA) is 35.5 Å². The second-order valence-corrected chi connectivity index (χ2v) is 5.67. The summed E-state index contributed by atoms with van der Waals surface area (Å²) < 4.78 is 10.4. The minimum absolute atomic E-state index is 0.184. The highest BCUT2D eigenvalue weighted by Crippen LogP contribution is 2.19. The van der Waals surface area contributed by atoms with E-state index < -0.39 is 0 Å². The van der Waals surface area contributed by atoms with E-state index in [0.717, 1.165) is 16.9 Å². The van der Waals surface area contributed by atoms with Crippen molar-refractivity contribution < 1.29 is 14.3 Å². The molecular weight excluding hydrogens is 312 g/mol. The zero-order chi connectivity index (χ0) is 16.5. The lowest BCUT2D eigenvalue weighted by Gasteiger charge is -2.15. The van der Waals surface area contributed by atoms with E-state index in [-0.39, 0.29) is 11.9 Å². The predicted octanol–water partition coefficient (Wildman–Crippen LogP) is 3.88. The van der Waals surface area contributed by atoms with Crippen molar-refractivity contribution >= 4 is 17.6 Å². The molecular formula is C19H21ClO3. The Hall–Kier alpha value is -2.00. The third kappa shape index (κ3) is 5.61. The van der Waals surface area contributed by atoms with E-state index in [1.807, 2.05) is 54.6 Å². The number of ether oxygens (including phenoxy) is 2. The molecule has 0 radical (unpaired) electrons. The van der Waals surface area contributed by atoms with Crippen molar-refractivity contribution in [2.24, 2.45) is 5.92 Å². The molecule has 4 heteroatoms. The van der Waals surface area contributed by atoms with Crippen molar-refractivity contribution in [3.8, 4) is 5.75 Å². The number of carbonyl (C=O) groups excluding carboxylic acids is 1. The molecule has 0 bridgehead atoms. The molecule has 0 saturated heterocycles. The second-order valence-electron chi connectivity index (χ2n) is 5.30. The van der Waals surface area contributed by atoms with Gasteiger partial charge in [0.25, 0.3) is 0 Å². The largest absolute Gasteiger partial charge is 0.492 e. The molecule has 0 aliphatic rings. The van der Waals surface area contributed by atoms with E-state index in [4.69, 9.17) is 21.1 Å². The summed E-state index contributed by atoms with van der Waals surface area (Å²) in [6.45, 7) is 0.486. The van der Waals surface area contributed by atoms with Crippen molar-refractivity contribution in [1.29, 1.82) is 0 Å². The van der Waals surface area contributed by atoms with Gasteiger partial charge in [-0.2, -0.15) is 0 Å². The Morgan fingerprint density at radius 3 is 2.17 bits per heavy atom. The van der Waals surface area contributed by atoms with Gasteiger partial charge in [0, 0.05) is 0 Å². The smallest absolute Gasteiger partial charge is 0.309 e. The van der Waals surface area contributed by atoms with Gasteiger partial charge in [0.2, 0.25) is 0 Å². The fraction of sp³-hybridized carbons (Fsp3) is 0.316. The van der Waals surface area contributed by atoms with Crippen LogP contribution >= 0.6 is 11.6 Å². The van der Waals surface area contributed by atoms with Gasteiger partial charge in [-0.25, -0.2) is 0 Å². The Morgan fingerprint density at radius 1 is 1.00 bits per heavy atom. The summed E-state index contributed by atoms with van der Waals surface area (Å²) in [6.07, 6.45) is 1.30. The number of hydrogen-bond acceptors (Lipinski definition) is 3. The van der Waals surface area contributed by atoms with Gasteiger partial charge in [0.05, 0.1) is 18.9 Å². The summed E-state index contributed by atoms with van der Waals surface area (Å²) in [7, 11) is 1.43. The Bertz CT molecular complexity index is 596. The van der Waals surface area contributed by atoms with Gasteiger partial charge < -0.3 is 9.47 Å². The second kappa shape index (κ2) is 9.21. The molecule has 2 rings (SSSR count). The highest BCUT2D eigenvalue weighted by atomic mass is 35.5. The molecule has 0 N–H and O–H groups in total. The fourth-order valence-electron chi connectivity index (χ4n) is 2.47. The van der Waals surface area contributed by atoms with Crippen LogP contribution in [-0.2, 0) is 22.4 Å². The Kier molecular flexibility index (Phi) is 6.95. The number of alkyl halides is 1. The molecule has 2 aromatic rings. The third-order valence-electron chi connectivity index (χ3n) is 3.61. The number of hydrogen-bond donors (Lipinski definition) is 0. The number of benzene rings is 2. The van der Waals surface area contributed by atoms with Crippen LogP contribution in [-0.4, -0.2) is 25.6 Å². The van der Waals surface area contributed by atoms with Gasteiger partial charge in [0.1, 0.15) is 12.4 Å². The first-order valence-electron chi connectivity index (χ1n) is 7.62. The first-order chi connectivity index (χ1) is 11.2. The summed E-state index contributed by atoms with van der Waals surface area (Å²) in [5, 5.41) is 0. The monoisotopic (exact) mass is 332 g/mol. The van der Waals surface area contributed by atoms with Crippen LogP contribution in [0.4, 0.5) is 0 Å². The summed E-state index contributed by atoms with van der Waals surface area (Å²) in [4.78, 5) is 12.1. The van der Waals surface area contributed by atoms with Gasteiger partial charge in [0.15, 0.2) is 0 Å². The fourth-order valence-corrected chi connectivity index (χ4v) is 2.54. The molecule has 0 heterocycles. The van der Waals surface area contributed by atoms with E-state index in [2.05, 4.69) is 0 Å². The van der Waals surface area contributed by atoms with Gasteiger partial charge in [-0.1, -0.05) is 42.5 Å². The van der Waals surface area contributed by atoms with Crippen LogP contribution in [0, 0.1) is 5.92 Å². The maximum Gasteiger partial charge on any atom is 0.309 e. The lowest BCUT2D eigenvalue weighted by atomic mass is 9.92. The van der Waals surface area contributed by atoms with Gasteiger partial charge in [-0.3, -0.25) is 4.79 Å². The lowest BCUT2D eigenvalue weighted by molar-refractivity contribution is -0.145. The van der Waals surface area contributed by atoms with Crippen molar-refractivity contribution in [3.63, 3.8) is 0 Å². The summed E-state index contributed by atoms with van der Waals surface area (Å²) >= 11 is 5.60. The summed E-state index contributed by atoms with van der Waals surface area (Å²) in [6, 6.07) is 17.7. The molecule has 0 saturated carbocycles. The van der Waals surface area contributed by atoms with Crippen LogP contribution < -0.4 is 4.74 Å². The van der Waals surface area contributed by atoms with E-state index in [9.17, 15) is 4.79 Å². The van der Waals surface area contributed by atoms with Crippen molar-refractivity contribution in [3.05, 3.63) is 65.7 Å². The molecule has 0 aromatic heterocycles. The highest BCUT2D eigenvalue weighted by Gasteiger charge is 2.20. The minimum atomic E-state index is -0.197. The summed E-state index contributed by atoms with van der Waals surface area (Å²) in [5.74, 6) is 0.865. The zero-order valence-electron chi connectivity index (χ0n) is 13.2. The highest BCUT2D eigenvalue weighted by molar-refractivity contribution is 6.18. The van der Waals surface area contributed by atoms with Crippen molar-refractivity contribution in [1.82, 2.24) is 0 Å². The Labute approximate surface area is 142 Å². The number of methoxy groups -OCH3 is 1. The van der Waals surface area contributed by atoms with Crippen molar-refractivity contribution in [2.45, 2.75) is 12.8 Å². The van der Waals surface area contributed by atoms with E-state index in [0.29, 0.717) is 25.3 Å². The molecule has 122 valence electrons. The molecule has 23 heavy (non-hydrogen) atoms. The standard InChI is InChI=1S/C19H21ClO3/c1-22-19(21)17(13-15-5-3-2-4-6-15)14-16-7-9-18(10-8-16)23-12-11-20/h2-10,17H,11-14H2,1H3. The molecule has 1 unspecified atom stereocenters. The number of halogens is 1. The third-order valence-corrected chi connectivity index (χ3v) is 3.77.